The van der Waals surface area contributed by atoms with Crippen LogP contribution in [0.5, 0.6) is 0 Å². The van der Waals surface area contributed by atoms with E-state index in [1.165, 1.54) is 19.3 Å². The van der Waals surface area contributed by atoms with Gasteiger partial charge in [0.05, 0.1) is 6.54 Å². The van der Waals surface area contributed by atoms with Gasteiger partial charge < -0.3 is 4.90 Å². The number of rotatable bonds is 3. The van der Waals surface area contributed by atoms with E-state index in [9.17, 15) is 0 Å². The number of nitrogens with one attached hydrogen (secondary N) is 1. The lowest BCUT2D eigenvalue weighted by Crippen LogP contribution is -2.53. The van der Waals surface area contributed by atoms with Gasteiger partial charge in [0.1, 0.15) is 0 Å². The number of hydrogen-bond donors (Lipinski definition) is 1. The average Bonchev–Trinajstić information content (AvgIpc) is 2.43. The van der Waals surface area contributed by atoms with Crippen LogP contribution >= 0.6 is 12.2 Å². The van der Waals surface area contributed by atoms with Crippen LogP contribution in [-0.2, 0) is 6.54 Å². The molecule has 6 heteroatoms. The van der Waals surface area contributed by atoms with Crippen molar-refractivity contribution >= 4 is 12.2 Å². The van der Waals surface area contributed by atoms with E-state index in [2.05, 4.69) is 34.5 Å². The Kier molecular flexibility index (Phi) is 2.40. The van der Waals surface area contributed by atoms with Crippen molar-refractivity contribution in [1.82, 2.24) is 25.1 Å². The molecule has 0 radical (unpaired) electrons. The van der Waals surface area contributed by atoms with Gasteiger partial charge in [0.25, 0.3) is 0 Å². The summed E-state index contributed by atoms with van der Waals surface area (Å²) in [5, 5.41) is 10.3. The smallest absolute Gasteiger partial charge is 0.238 e. The first-order chi connectivity index (χ1) is 6.64. The maximum atomic E-state index is 5.05. The van der Waals surface area contributed by atoms with Gasteiger partial charge >= 0.3 is 0 Å². The first-order valence-electron chi connectivity index (χ1n) is 4.79. The normalized spacial score (nSPS) is 19.6. The van der Waals surface area contributed by atoms with Crippen molar-refractivity contribution in [2.75, 3.05) is 14.1 Å². The second kappa shape index (κ2) is 3.43. The molecule has 0 unspecified atom stereocenters. The van der Waals surface area contributed by atoms with Crippen molar-refractivity contribution in [3.8, 4) is 0 Å². The van der Waals surface area contributed by atoms with E-state index in [1.54, 1.807) is 0 Å². The maximum absolute atomic E-state index is 5.05. The van der Waals surface area contributed by atoms with Crippen molar-refractivity contribution in [3.63, 3.8) is 0 Å². The molecule has 78 valence electrons. The molecule has 0 saturated heterocycles. The molecule has 0 atom stereocenters. The summed E-state index contributed by atoms with van der Waals surface area (Å²) < 4.78 is 2.38. The highest BCUT2D eigenvalue weighted by molar-refractivity contribution is 7.71. The number of aromatic nitrogens is 4. The predicted octanol–water partition coefficient (Wildman–Crippen LogP) is 0.820. The van der Waals surface area contributed by atoms with E-state index in [1.807, 2.05) is 4.68 Å². The van der Waals surface area contributed by atoms with Crippen LogP contribution in [0.3, 0.4) is 0 Å². The van der Waals surface area contributed by atoms with Crippen molar-refractivity contribution < 1.29 is 0 Å². The monoisotopic (exact) mass is 213 g/mol. The third-order valence-electron chi connectivity index (χ3n) is 3.22. The lowest BCUT2D eigenvalue weighted by molar-refractivity contribution is 0.0379. The molecule has 2 rings (SSSR count). The molecule has 1 aliphatic carbocycles. The number of hydrogen-bond acceptors (Lipinski definition) is 4. The minimum Gasteiger partial charge on any atom is -0.302 e. The summed E-state index contributed by atoms with van der Waals surface area (Å²) in [7, 11) is 4.24. The molecule has 1 saturated carbocycles. The molecule has 1 aromatic rings. The van der Waals surface area contributed by atoms with Gasteiger partial charge in [-0.1, -0.05) is 10.3 Å². The van der Waals surface area contributed by atoms with Crippen LogP contribution in [0.15, 0.2) is 0 Å². The summed E-state index contributed by atoms with van der Waals surface area (Å²) in [4.78, 5) is 2.28. The molecule has 1 heterocycles. The predicted molar refractivity (Wildman–Crippen MR) is 55.5 cm³/mol. The molecule has 5 nitrogen and oxygen atoms in total. The fourth-order valence-corrected chi connectivity index (χ4v) is 2.09. The lowest BCUT2D eigenvalue weighted by atomic mass is 9.76. The SMILES string of the molecule is CN(C)C1(Cn2[nH]nnc2=S)CCC1. The molecular weight excluding hydrogens is 198 g/mol. The lowest BCUT2D eigenvalue weighted by Gasteiger charge is -2.47. The fourth-order valence-electron chi connectivity index (χ4n) is 1.94. The summed E-state index contributed by atoms with van der Waals surface area (Å²) in [6.07, 6.45) is 3.74. The molecule has 1 fully saturated rings. The molecule has 0 aliphatic heterocycles. The van der Waals surface area contributed by atoms with E-state index < -0.39 is 0 Å². The number of tetrazole rings is 1. The molecule has 0 bridgehead atoms. The second-order valence-corrected chi connectivity index (χ2v) is 4.51. The summed E-state index contributed by atoms with van der Waals surface area (Å²) in [6.45, 7) is 0.867. The average molecular weight is 213 g/mol. The molecule has 14 heavy (non-hydrogen) atoms. The fraction of sp³-hybridized carbons (Fsp3) is 0.875. The van der Waals surface area contributed by atoms with E-state index in [-0.39, 0.29) is 5.54 Å². The minimum atomic E-state index is 0.256. The van der Waals surface area contributed by atoms with Crippen molar-refractivity contribution in [1.29, 1.82) is 0 Å². The second-order valence-electron chi connectivity index (χ2n) is 4.14. The van der Waals surface area contributed by atoms with Crippen LogP contribution in [0.25, 0.3) is 0 Å². The molecule has 1 aliphatic rings. The Hall–Kier alpha value is -0.750. The van der Waals surface area contributed by atoms with Gasteiger partial charge in [-0.05, 0) is 45.6 Å². The van der Waals surface area contributed by atoms with E-state index in [0.717, 1.165) is 6.54 Å². The number of H-pyrrole nitrogens is 1. The van der Waals surface area contributed by atoms with Crippen LogP contribution in [0, 0.1) is 4.77 Å². The summed E-state index contributed by atoms with van der Waals surface area (Å²) in [5.41, 5.74) is 0.256. The highest BCUT2D eigenvalue weighted by Crippen LogP contribution is 2.37. The summed E-state index contributed by atoms with van der Waals surface area (Å²) in [6, 6.07) is 0. The van der Waals surface area contributed by atoms with Crippen LogP contribution in [0.1, 0.15) is 19.3 Å². The summed E-state index contributed by atoms with van der Waals surface area (Å²) >= 11 is 5.05. The first kappa shape index (κ1) is 9.79. The standard InChI is InChI=1S/C8H15N5S/c1-12(2)8(4-3-5-8)6-13-7(14)9-10-11-13/h3-6H2,1-2H3,(H,9,11,14). The van der Waals surface area contributed by atoms with Gasteiger partial charge in [-0.3, -0.25) is 0 Å². The van der Waals surface area contributed by atoms with Gasteiger partial charge in [-0.15, -0.1) is 0 Å². The van der Waals surface area contributed by atoms with Gasteiger partial charge in [0, 0.05) is 5.54 Å². The topological polar surface area (TPSA) is 49.7 Å². The third kappa shape index (κ3) is 1.48. The molecule has 1 aromatic heterocycles. The zero-order chi connectivity index (χ0) is 10.2. The Labute approximate surface area is 88.1 Å². The van der Waals surface area contributed by atoms with Gasteiger partial charge in [0.15, 0.2) is 0 Å². The number of aromatic amines is 1. The maximum Gasteiger partial charge on any atom is 0.238 e. The Balaban J connectivity index is 2.17. The van der Waals surface area contributed by atoms with E-state index in [4.69, 9.17) is 12.2 Å². The van der Waals surface area contributed by atoms with Crippen molar-refractivity contribution in [3.05, 3.63) is 4.77 Å². The quantitative estimate of drug-likeness (QED) is 0.755. The number of nitrogens with zero attached hydrogens (tertiary/aromatic N) is 4. The molecular formula is C8H15N5S. The zero-order valence-corrected chi connectivity index (χ0v) is 9.34. The molecule has 0 amide bonds. The van der Waals surface area contributed by atoms with Gasteiger partial charge in [-0.2, -0.15) is 5.21 Å². The molecule has 0 spiro atoms. The van der Waals surface area contributed by atoms with Crippen LogP contribution in [0.2, 0.25) is 0 Å². The van der Waals surface area contributed by atoms with Gasteiger partial charge in [-0.25, -0.2) is 4.68 Å². The Morgan fingerprint density at radius 2 is 2.29 bits per heavy atom. The Bertz CT molecular complexity index is 362. The highest BCUT2D eigenvalue weighted by Gasteiger charge is 2.39. The summed E-state index contributed by atoms with van der Waals surface area (Å²) in [5.74, 6) is 0. The minimum absolute atomic E-state index is 0.256. The highest BCUT2D eigenvalue weighted by atomic mass is 32.1. The van der Waals surface area contributed by atoms with Gasteiger partial charge in [0.2, 0.25) is 4.77 Å². The molecule has 0 aromatic carbocycles. The van der Waals surface area contributed by atoms with Crippen molar-refractivity contribution in [2.24, 2.45) is 0 Å². The largest absolute Gasteiger partial charge is 0.302 e. The van der Waals surface area contributed by atoms with E-state index >= 15 is 0 Å². The third-order valence-corrected chi connectivity index (χ3v) is 3.52. The first-order valence-corrected chi connectivity index (χ1v) is 5.20. The van der Waals surface area contributed by atoms with Crippen molar-refractivity contribution in [2.45, 2.75) is 31.3 Å². The van der Waals surface area contributed by atoms with Crippen LogP contribution in [-0.4, -0.2) is 44.7 Å². The number of likely N-dealkylation sites (N-methyl/N-ethyl adjacent to an activating group) is 1. The zero-order valence-electron chi connectivity index (χ0n) is 8.53. The molecule has 1 N–H and O–H groups in total. The Morgan fingerprint density at radius 1 is 1.57 bits per heavy atom. The van der Waals surface area contributed by atoms with E-state index in [0.29, 0.717) is 4.77 Å². The van der Waals surface area contributed by atoms with Crippen LogP contribution < -0.4 is 0 Å². The Morgan fingerprint density at radius 3 is 2.64 bits per heavy atom. The van der Waals surface area contributed by atoms with Crippen LogP contribution in [0.4, 0.5) is 0 Å².